The molecule has 1 aliphatic rings. The Bertz CT molecular complexity index is 287. The maximum atomic E-state index is 11.7. The molecule has 5 nitrogen and oxygen atoms in total. The van der Waals surface area contributed by atoms with Gasteiger partial charge in [0.05, 0.1) is 19.0 Å². The second kappa shape index (κ2) is 7.25. The Morgan fingerprint density at radius 3 is 3.00 bits per heavy atom. The van der Waals surface area contributed by atoms with Crippen molar-refractivity contribution in [3.05, 3.63) is 0 Å². The molecule has 5 heteroatoms. The summed E-state index contributed by atoms with van der Waals surface area (Å²) in [5.41, 5.74) is 5.74. The fraction of sp³-hybridized carbons (Fsp3) is 0.833. The molecule has 1 saturated heterocycles. The first-order valence-electron chi connectivity index (χ1n) is 6.28. The standard InChI is InChI=1S/C12H22N4O/c1-10-4-2-5-11(8-14)16(10)9-12(17)15-7-3-6-13/h10-11H,2-5,7-9,14H2,1H3,(H,15,17). The SMILES string of the molecule is CC1CCCC(CN)N1CC(=O)NCCC#N. The molecule has 0 aliphatic carbocycles. The zero-order valence-electron chi connectivity index (χ0n) is 10.5. The molecule has 96 valence electrons. The van der Waals surface area contributed by atoms with Crippen LogP contribution in [0.15, 0.2) is 0 Å². The Morgan fingerprint density at radius 1 is 1.59 bits per heavy atom. The smallest absolute Gasteiger partial charge is 0.234 e. The molecule has 1 fully saturated rings. The van der Waals surface area contributed by atoms with E-state index in [9.17, 15) is 4.79 Å². The zero-order chi connectivity index (χ0) is 12.7. The predicted molar refractivity (Wildman–Crippen MR) is 66.1 cm³/mol. The summed E-state index contributed by atoms with van der Waals surface area (Å²) in [7, 11) is 0. The van der Waals surface area contributed by atoms with Gasteiger partial charge in [0.1, 0.15) is 0 Å². The molecule has 3 N–H and O–H groups in total. The number of nitrogens with two attached hydrogens (primary N) is 1. The second-order valence-corrected chi connectivity index (χ2v) is 4.60. The van der Waals surface area contributed by atoms with E-state index in [0.717, 1.165) is 12.8 Å². The summed E-state index contributed by atoms with van der Waals surface area (Å²) in [6, 6.07) is 2.74. The van der Waals surface area contributed by atoms with Crippen molar-refractivity contribution in [3.8, 4) is 6.07 Å². The number of nitrogens with one attached hydrogen (secondary N) is 1. The maximum Gasteiger partial charge on any atom is 0.234 e. The lowest BCUT2D eigenvalue weighted by Crippen LogP contribution is -2.52. The van der Waals surface area contributed by atoms with Crippen LogP contribution >= 0.6 is 0 Å². The quantitative estimate of drug-likeness (QED) is 0.671. The van der Waals surface area contributed by atoms with Gasteiger partial charge in [-0.1, -0.05) is 6.42 Å². The van der Waals surface area contributed by atoms with Crippen molar-refractivity contribution in [3.63, 3.8) is 0 Å². The zero-order valence-corrected chi connectivity index (χ0v) is 10.5. The van der Waals surface area contributed by atoms with Crippen LogP contribution < -0.4 is 11.1 Å². The topological polar surface area (TPSA) is 82.2 Å². The first-order chi connectivity index (χ1) is 8.19. The Hall–Kier alpha value is -1.12. The number of amides is 1. The summed E-state index contributed by atoms with van der Waals surface area (Å²) in [5, 5.41) is 11.1. The molecular weight excluding hydrogens is 216 g/mol. The number of piperidine rings is 1. The molecule has 1 heterocycles. The maximum absolute atomic E-state index is 11.7. The highest BCUT2D eigenvalue weighted by atomic mass is 16.2. The fourth-order valence-electron chi connectivity index (χ4n) is 2.36. The van der Waals surface area contributed by atoms with E-state index < -0.39 is 0 Å². The van der Waals surface area contributed by atoms with Crippen molar-refractivity contribution in [2.75, 3.05) is 19.6 Å². The van der Waals surface area contributed by atoms with Gasteiger partial charge in [0, 0.05) is 25.2 Å². The monoisotopic (exact) mass is 238 g/mol. The van der Waals surface area contributed by atoms with Gasteiger partial charge in [0.2, 0.25) is 5.91 Å². The van der Waals surface area contributed by atoms with Gasteiger partial charge in [0.15, 0.2) is 0 Å². The number of likely N-dealkylation sites (tertiary alicyclic amines) is 1. The molecule has 2 unspecified atom stereocenters. The van der Waals surface area contributed by atoms with Gasteiger partial charge in [0.25, 0.3) is 0 Å². The highest BCUT2D eigenvalue weighted by Crippen LogP contribution is 2.21. The van der Waals surface area contributed by atoms with Crippen molar-refractivity contribution >= 4 is 5.91 Å². The van der Waals surface area contributed by atoms with Gasteiger partial charge in [-0.15, -0.1) is 0 Å². The average Bonchev–Trinajstić information content (AvgIpc) is 2.32. The van der Waals surface area contributed by atoms with Crippen LogP contribution in [0.25, 0.3) is 0 Å². The summed E-state index contributed by atoms with van der Waals surface area (Å²) < 4.78 is 0. The first kappa shape index (κ1) is 13.9. The normalized spacial score (nSPS) is 25.2. The third-order valence-electron chi connectivity index (χ3n) is 3.35. The van der Waals surface area contributed by atoms with Gasteiger partial charge >= 0.3 is 0 Å². The van der Waals surface area contributed by atoms with Crippen molar-refractivity contribution < 1.29 is 4.79 Å². The molecule has 17 heavy (non-hydrogen) atoms. The molecule has 1 aliphatic heterocycles. The molecule has 0 saturated carbocycles. The molecule has 1 amide bonds. The van der Waals surface area contributed by atoms with Crippen LogP contribution in [-0.2, 0) is 4.79 Å². The minimum atomic E-state index is -0.00699. The van der Waals surface area contributed by atoms with Crippen molar-refractivity contribution in [1.29, 1.82) is 5.26 Å². The predicted octanol–water partition coefficient (Wildman–Crippen LogP) is 0.218. The van der Waals surface area contributed by atoms with E-state index >= 15 is 0 Å². The molecule has 0 aromatic heterocycles. The van der Waals surface area contributed by atoms with Crippen LogP contribution in [0.1, 0.15) is 32.6 Å². The van der Waals surface area contributed by atoms with E-state index in [1.54, 1.807) is 0 Å². The highest BCUT2D eigenvalue weighted by Gasteiger charge is 2.28. The fourth-order valence-corrected chi connectivity index (χ4v) is 2.36. The van der Waals surface area contributed by atoms with Gasteiger partial charge < -0.3 is 11.1 Å². The van der Waals surface area contributed by atoms with Gasteiger partial charge in [-0.2, -0.15) is 5.26 Å². The van der Waals surface area contributed by atoms with E-state index in [-0.39, 0.29) is 5.91 Å². The van der Waals surface area contributed by atoms with Crippen molar-refractivity contribution in [2.45, 2.75) is 44.7 Å². The lowest BCUT2D eigenvalue weighted by Gasteiger charge is -2.39. The summed E-state index contributed by atoms with van der Waals surface area (Å²) in [5.74, 6) is -0.00699. The van der Waals surface area contributed by atoms with E-state index in [4.69, 9.17) is 11.0 Å². The third kappa shape index (κ3) is 4.33. The molecule has 0 aromatic carbocycles. The molecule has 0 spiro atoms. The van der Waals surface area contributed by atoms with Gasteiger partial charge in [-0.3, -0.25) is 9.69 Å². The second-order valence-electron chi connectivity index (χ2n) is 4.60. The van der Waals surface area contributed by atoms with Gasteiger partial charge in [-0.25, -0.2) is 0 Å². The first-order valence-corrected chi connectivity index (χ1v) is 6.28. The van der Waals surface area contributed by atoms with Crippen LogP contribution in [0.3, 0.4) is 0 Å². The van der Waals surface area contributed by atoms with Crippen LogP contribution in [0.2, 0.25) is 0 Å². The van der Waals surface area contributed by atoms with Gasteiger partial charge in [-0.05, 0) is 19.8 Å². The minimum absolute atomic E-state index is 0.00699. The molecule has 1 rings (SSSR count). The lowest BCUT2D eigenvalue weighted by molar-refractivity contribution is -0.123. The van der Waals surface area contributed by atoms with Crippen LogP contribution in [0, 0.1) is 11.3 Å². The Kier molecular flexibility index (Phi) is 5.95. The molecular formula is C12H22N4O. The van der Waals surface area contributed by atoms with Crippen molar-refractivity contribution in [1.82, 2.24) is 10.2 Å². The van der Waals surface area contributed by atoms with Crippen LogP contribution in [0.5, 0.6) is 0 Å². The number of carbonyl (C=O) groups is 1. The number of hydrogen-bond acceptors (Lipinski definition) is 4. The third-order valence-corrected chi connectivity index (χ3v) is 3.35. The number of hydrogen-bond donors (Lipinski definition) is 2. The van der Waals surface area contributed by atoms with E-state index in [2.05, 4.69) is 17.1 Å². The average molecular weight is 238 g/mol. The Morgan fingerprint density at radius 2 is 2.35 bits per heavy atom. The van der Waals surface area contributed by atoms with E-state index in [0.29, 0.717) is 38.1 Å². The largest absolute Gasteiger partial charge is 0.354 e. The Balaban J connectivity index is 2.41. The van der Waals surface area contributed by atoms with E-state index in [1.807, 2.05) is 6.07 Å². The van der Waals surface area contributed by atoms with Crippen molar-refractivity contribution in [2.24, 2.45) is 5.73 Å². The summed E-state index contributed by atoms with van der Waals surface area (Å²) in [6.07, 6.45) is 3.76. The Labute approximate surface area is 103 Å². The molecule has 0 aromatic rings. The number of nitriles is 1. The highest BCUT2D eigenvalue weighted by molar-refractivity contribution is 5.78. The summed E-state index contributed by atoms with van der Waals surface area (Å²) in [6.45, 7) is 3.58. The molecule has 0 radical (unpaired) electrons. The van der Waals surface area contributed by atoms with Crippen LogP contribution in [-0.4, -0.2) is 42.5 Å². The molecule has 0 bridgehead atoms. The minimum Gasteiger partial charge on any atom is -0.354 e. The van der Waals surface area contributed by atoms with Crippen LogP contribution in [0.4, 0.5) is 0 Å². The molecule has 2 atom stereocenters. The number of rotatable bonds is 5. The summed E-state index contributed by atoms with van der Waals surface area (Å²) in [4.78, 5) is 13.9. The number of carbonyl (C=O) groups excluding carboxylic acids is 1. The van der Waals surface area contributed by atoms with E-state index in [1.165, 1.54) is 6.42 Å². The summed E-state index contributed by atoms with van der Waals surface area (Å²) >= 11 is 0. The number of nitrogens with zero attached hydrogens (tertiary/aromatic N) is 2. The lowest BCUT2D eigenvalue weighted by atomic mass is 9.96.